The zero-order valence-electron chi connectivity index (χ0n) is 8.95. The fourth-order valence-corrected chi connectivity index (χ4v) is 1.46. The predicted octanol–water partition coefficient (Wildman–Crippen LogP) is 2.09. The van der Waals surface area contributed by atoms with Gasteiger partial charge in [-0.05, 0) is 5.56 Å². The molecule has 0 radical (unpaired) electrons. The quantitative estimate of drug-likeness (QED) is 0.846. The van der Waals surface area contributed by atoms with E-state index in [9.17, 15) is 0 Å². The maximum Gasteiger partial charge on any atom is 0.0953 e. The SMILES string of the molecule is OCc1cn(C/C=C/c2ccccc2)cn1. The second kappa shape index (κ2) is 5.28. The number of hydrogen-bond donors (Lipinski definition) is 1. The molecule has 3 nitrogen and oxygen atoms in total. The highest BCUT2D eigenvalue weighted by Gasteiger charge is 1.93. The Morgan fingerprint density at radius 3 is 2.75 bits per heavy atom. The second-order valence-electron chi connectivity index (χ2n) is 3.53. The molecule has 0 bridgehead atoms. The van der Waals surface area contributed by atoms with Crippen molar-refractivity contribution in [2.75, 3.05) is 0 Å². The van der Waals surface area contributed by atoms with Crippen LogP contribution in [0.25, 0.3) is 6.08 Å². The van der Waals surface area contributed by atoms with Gasteiger partial charge in [0.1, 0.15) is 0 Å². The molecule has 2 aromatic rings. The molecule has 3 heteroatoms. The zero-order valence-corrected chi connectivity index (χ0v) is 8.95. The van der Waals surface area contributed by atoms with Crippen LogP contribution in [0.4, 0.5) is 0 Å². The van der Waals surface area contributed by atoms with Crippen LogP contribution in [-0.4, -0.2) is 14.7 Å². The van der Waals surface area contributed by atoms with Gasteiger partial charge in [0.15, 0.2) is 0 Å². The highest BCUT2D eigenvalue weighted by atomic mass is 16.3. The van der Waals surface area contributed by atoms with Crippen LogP contribution >= 0.6 is 0 Å². The van der Waals surface area contributed by atoms with E-state index in [2.05, 4.69) is 29.3 Å². The van der Waals surface area contributed by atoms with Gasteiger partial charge in [0.2, 0.25) is 0 Å². The maximum atomic E-state index is 8.86. The molecule has 0 saturated carbocycles. The summed E-state index contributed by atoms with van der Waals surface area (Å²) in [6, 6.07) is 10.1. The number of aliphatic hydroxyl groups excluding tert-OH is 1. The summed E-state index contributed by atoms with van der Waals surface area (Å²) in [6.07, 6.45) is 7.70. The lowest BCUT2D eigenvalue weighted by Gasteiger charge is -1.95. The van der Waals surface area contributed by atoms with Crippen molar-refractivity contribution >= 4 is 6.08 Å². The summed E-state index contributed by atoms with van der Waals surface area (Å²) in [5.41, 5.74) is 1.89. The van der Waals surface area contributed by atoms with Crippen molar-refractivity contribution in [2.45, 2.75) is 13.2 Å². The lowest BCUT2D eigenvalue weighted by Crippen LogP contribution is -1.89. The number of aliphatic hydroxyl groups is 1. The molecule has 0 unspecified atom stereocenters. The molecule has 1 heterocycles. The first-order chi connectivity index (χ1) is 7.88. The molecule has 0 spiro atoms. The summed E-state index contributed by atoms with van der Waals surface area (Å²) < 4.78 is 1.94. The summed E-state index contributed by atoms with van der Waals surface area (Å²) in [6.45, 7) is 0.761. The van der Waals surface area contributed by atoms with Gasteiger partial charge in [-0.2, -0.15) is 0 Å². The van der Waals surface area contributed by atoms with Crippen LogP contribution in [0.3, 0.4) is 0 Å². The van der Waals surface area contributed by atoms with Crippen molar-refractivity contribution in [3.8, 4) is 0 Å². The molecular weight excluding hydrogens is 200 g/mol. The number of benzene rings is 1. The number of allylic oxidation sites excluding steroid dienone is 1. The van der Waals surface area contributed by atoms with Crippen molar-refractivity contribution in [1.82, 2.24) is 9.55 Å². The predicted molar refractivity (Wildman–Crippen MR) is 63.6 cm³/mol. The minimum Gasteiger partial charge on any atom is -0.390 e. The van der Waals surface area contributed by atoms with Crippen molar-refractivity contribution < 1.29 is 5.11 Å². The Bertz CT molecular complexity index is 460. The zero-order chi connectivity index (χ0) is 11.2. The molecule has 82 valence electrons. The van der Waals surface area contributed by atoms with Crippen LogP contribution in [0.15, 0.2) is 48.9 Å². The van der Waals surface area contributed by atoms with E-state index >= 15 is 0 Å². The lowest BCUT2D eigenvalue weighted by atomic mass is 10.2. The lowest BCUT2D eigenvalue weighted by molar-refractivity contribution is 0.277. The molecule has 16 heavy (non-hydrogen) atoms. The number of imidazole rings is 1. The molecule has 2 rings (SSSR count). The molecule has 1 aromatic heterocycles. The first kappa shape index (κ1) is 10.6. The number of aromatic nitrogens is 2. The van der Waals surface area contributed by atoms with Gasteiger partial charge in [-0.1, -0.05) is 42.5 Å². The van der Waals surface area contributed by atoms with Crippen molar-refractivity contribution in [3.63, 3.8) is 0 Å². The Morgan fingerprint density at radius 1 is 1.25 bits per heavy atom. The van der Waals surface area contributed by atoms with Crippen molar-refractivity contribution in [1.29, 1.82) is 0 Å². The van der Waals surface area contributed by atoms with Crippen LogP contribution in [0.1, 0.15) is 11.3 Å². The summed E-state index contributed by atoms with van der Waals surface area (Å²) in [7, 11) is 0. The van der Waals surface area contributed by atoms with E-state index in [1.807, 2.05) is 29.0 Å². The molecular formula is C13H14N2O. The first-order valence-electron chi connectivity index (χ1n) is 5.21. The largest absolute Gasteiger partial charge is 0.390 e. The Hall–Kier alpha value is -1.87. The van der Waals surface area contributed by atoms with Crippen molar-refractivity contribution in [3.05, 3.63) is 60.2 Å². The van der Waals surface area contributed by atoms with E-state index in [0.29, 0.717) is 5.69 Å². The summed E-state index contributed by atoms with van der Waals surface area (Å²) >= 11 is 0. The van der Waals surface area contributed by atoms with Crippen LogP contribution in [0.5, 0.6) is 0 Å². The third-order valence-corrected chi connectivity index (χ3v) is 2.27. The number of hydrogen-bond acceptors (Lipinski definition) is 2. The third kappa shape index (κ3) is 2.81. The van der Waals surface area contributed by atoms with Crippen LogP contribution < -0.4 is 0 Å². The molecule has 0 fully saturated rings. The Labute approximate surface area is 94.7 Å². The number of nitrogens with zero attached hydrogens (tertiary/aromatic N) is 2. The van der Waals surface area contributed by atoms with Gasteiger partial charge in [0, 0.05) is 12.7 Å². The van der Waals surface area contributed by atoms with Gasteiger partial charge >= 0.3 is 0 Å². The summed E-state index contributed by atoms with van der Waals surface area (Å²) in [5.74, 6) is 0. The molecule has 1 N–H and O–H groups in total. The fraction of sp³-hybridized carbons (Fsp3) is 0.154. The van der Waals surface area contributed by atoms with E-state index in [4.69, 9.17) is 5.11 Å². The molecule has 0 aliphatic rings. The normalized spacial score (nSPS) is 11.1. The summed E-state index contributed by atoms with van der Waals surface area (Å²) in [5, 5.41) is 8.86. The standard InChI is InChI=1S/C13H14N2O/c16-10-13-9-15(11-14-13)8-4-7-12-5-2-1-3-6-12/h1-7,9,11,16H,8,10H2/b7-4+. The van der Waals surface area contributed by atoms with Crippen LogP contribution in [-0.2, 0) is 13.2 Å². The van der Waals surface area contributed by atoms with Gasteiger partial charge in [-0.25, -0.2) is 4.98 Å². The van der Waals surface area contributed by atoms with Gasteiger partial charge in [0.25, 0.3) is 0 Å². The van der Waals surface area contributed by atoms with E-state index in [0.717, 1.165) is 6.54 Å². The molecule has 0 aliphatic carbocycles. The Balaban J connectivity index is 1.94. The second-order valence-corrected chi connectivity index (χ2v) is 3.53. The molecule has 0 aliphatic heterocycles. The maximum absolute atomic E-state index is 8.86. The average Bonchev–Trinajstić information content (AvgIpc) is 2.78. The Morgan fingerprint density at radius 2 is 2.06 bits per heavy atom. The van der Waals surface area contributed by atoms with Gasteiger partial charge in [-0.3, -0.25) is 0 Å². The molecule has 0 saturated heterocycles. The van der Waals surface area contributed by atoms with Gasteiger partial charge in [0.05, 0.1) is 18.6 Å². The van der Waals surface area contributed by atoms with Crippen LogP contribution in [0, 0.1) is 0 Å². The topological polar surface area (TPSA) is 38.0 Å². The van der Waals surface area contributed by atoms with Crippen molar-refractivity contribution in [2.24, 2.45) is 0 Å². The smallest absolute Gasteiger partial charge is 0.0953 e. The van der Waals surface area contributed by atoms with E-state index in [1.165, 1.54) is 5.56 Å². The third-order valence-electron chi connectivity index (χ3n) is 2.27. The molecule has 0 atom stereocenters. The first-order valence-corrected chi connectivity index (χ1v) is 5.21. The molecule has 0 amide bonds. The molecule has 1 aromatic carbocycles. The van der Waals surface area contributed by atoms with Crippen LogP contribution in [0.2, 0.25) is 0 Å². The van der Waals surface area contributed by atoms with E-state index < -0.39 is 0 Å². The van der Waals surface area contributed by atoms with E-state index in [-0.39, 0.29) is 6.61 Å². The minimum absolute atomic E-state index is 0.00456. The highest BCUT2D eigenvalue weighted by molar-refractivity contribution is 5.48. The minimum atomic E-state index is -0.00456. The Kier molecular flexibility index (Phi) is 3.51. The highest BCUT2D eigenvalue weighted by Crippen LogP contribution is 2.02. The monoisotopic (exact) mass is 214 g/mol. The fourth-order valence-electron chi connectivity index (χ4n) is 1.46. The van der Waals surface area contributed by atoms with Gasteiger partial charge in [-0.15, -0.1) is 0 Å². The number of rotatable bonds is 4. The summed E-state index contributed by atoms with van der Waals surface area (Å²) in [4.78, 5) is 4.04. The van der Waals surface area contributed by atoms with Gasteiger partial charge < -0.3 is 9.67 Å². The van der Waals surface area contributed by atoms with E-state index in [1.54, 1.807) is 6.33 Å². The average molecular weight is 214 g/mol.